The summed E-state index contributed by atoms with van der Waals surface area (Å²) in [5.41, 5.74) is 3.38. The van der Waals surface area contributed by atoms with Crippen molar-refractivity contribution >= 4 is 0 Å². The molecule has 3 heteroatoms. The Hall–Kier alpha value is -0.960. The van der Waals surface area contributed by atoms with Gasteiger partial charge < -0.3 is 5.32 Å². The van der Waals surface area contributed by atoms with Gasteiger partial charge in [0.15, 0.2) is 0 Å². The van der Waals surface area contributed by atoms with Gasteiger partial charge in [0.1, 0.15) is 0 Å². The highest BCUT2D eigenvalue weighted by Crippen LogP contribution is 2.37. The van der Waals surface area contributed by atoms with Crippen LogP contribution in [0.2, 0.25) is 0 Å². The molecule has 1 N–H and O–H groups in total. The molecule has 2 rings (SSSR count). The van der Waals surface area contributed by atoms with Gasteiger partial charge in [-0.25, -0.2) is 0 Å². The van der Waals surface area contributed by atoms with Gasteiger partial charge in [-0.05, 0) is 44.9 Å². The van der Waals surface area contributed by atoms with Crippen LogP contribution in [0.25, 0.3) is 0 Å². The van der Waals surface area contributed by atoms with Crippen LogP contribution in [0.4, 0.5) is 0 Å². The molecule has 0 spiro atoms. The zero-order valence-electron chi connectivity index (χ0n) is 9.75. The largest absolute Gasteiger partial charge is 0.313 e. The van der Waals surface area contributed by atoms with Crippen LogP contribution in [0.15, 0.2) is 6.07 Å². The van der Waals surface area contributed by atoms with Crippen LogP contribution in [0.5, 0.6) is 0 Å². The first-order chi connectivity index (χ1) is 7.20. The lowest BCUT2D eigenvalue weighted by Crippen LogP contribution is -2.19. The third-order valence-electron chi connectivity index (χ3n) is 3.13. The molecule has 1 aliphatic carbocycles. The summed E-state index contributed by atoms with van der Waals surface area (Å²) in [4.78, 5) is 0. The van der Waals surface area contributed by atoms with Crippen LogP contribution in [0.1, 0.15) is 42.3 Å². The second-order valence-corrected chi connectivity index (χ2v) is 4.55. The predicted molar refractivity (Wildman–Crippen MR) is 60.6 cm³/mol. The maximum atomic E-state index is 4.19. The first-order valence-electron chi connectivity index (χ1n) is 5.68. The van der Waals surface area contributed by atoms with E-state index in [0.717, 1.165) is 17.3 Å². The van der Waals surface area contributed by atoms with Crippen LogP contribution >= 0.6 is 0 Å². The van der Waals surface area contributed by atoms with Crippen molar-refractivity contribution in [1.29, 1.82) is 0 Å². The maximum Gasteiger partial charge on any atom is 0.0648 e. The van der Waals surface area contributed by atoms with Gasteiger partial charge in [-0.3, -0.25) is 0 Å². The molecular formula is C12H19N3. The Morgan fingerprint density at radius 3 is 2.73 bits per heavy atom. The summed E-state index contributed by atoms with van der Waals surface area (Å²) in [5.74, 6) is 0.926. The Morgan fingerprint density at radius 2 is 2.13 bits per heavy atom. The molecule has 15 heavy (non-hydrogen) atoms. The molecule has 0 bridgehead atoms. The van der Waals surface area contributed by atoms with E-state index < -0.39 is 0 Å². The molecule has 1 atom stereocenters. The molecule has 82 valence electrons. The van der Waals surface area contributed by atoms with E-state index in [0.29, 0.717) is 6.04 Å². The van der Waals surface area contributed by atoms with Crippen LogP contribution in [-0.4, -0.2) is 17.2 Å². The van der Waals surface area contributed by atoms with E-state index in [1.807, 2.05) is 20.9 Å². The van der Waals surface area contributed by atoms with E-state index in [4.69, 9.17) is 0 Å². The summed E-state index contributed by atoms with van der Waals surface area (Å²) in [7, 11) is 2.03. The zero-order chi connectivity index (χ0) is 10.8. The van der Waals surface area contributed by atoms with Gasteiger partial charge in [0.2, 0.25) is 0 Å². The van der Waals surface area contributed by atoms with Crippen molar-refractivity contribution in [1.82, 2.24) is 15.5 Å². The lowest BCUT2D eigenvalue weighted by molar-refractivity contribution is 0.508. The minimum atomic E-state index is 0.451. The second kappa shape index (κ2) is 4.27. The Kier molecular flexibility index (Phi) is 3.00. The number of hydrogen-bond acceptors (Lipinski definition) is 3. The molecule has 1 heterocycles. The predicted octanol–water partition coefficient (Wildman–Crippen LogP) is 2.15. The molecule has 1 aromatic heterocycles. The molecule has 1 fully saturated rings. The van der Waals surface area contributed by atoms with Crippen molar-refractivity contribution in [2.24, 2.45) is 5.92 Å². The highest BCUT2D eigenvalue weighted by Gasteiger charge is 2.26. The number of nitrogens with zero attached hydrogens (tertiary/aromatic N) is 2. The van der Waals surface area contributed by atoms with Crippen LogP contribution in [-0.2, 0) is 0 Å². The summed E-state index contributed by atoms with van der Waals surface area (Å²) < 4.78 is 0. The Labute approximate surface area is 91.3 Å². The fourth-order valence-corrected chi connectivity index (χ4v) is 2.01. The molecule has 1 unspecified atom stereocenters. The Bertz CT molecular complexity index is 345. The van der Waals surface area contributed by atoms with E-state index in [1.54, 1.807) is 0 Å². The van der Waals surface area contributed by atoms with Crippen LogP contribution < -0.4 is 5.32 Å². The van der Waals surface area contributed by atoms with E-state index in [-0.39, 0.29) is 0 Å². The van der Waals surface area contributed by atoms with E-state index in [2.05, 4.69) is 21.6 Å². The number of nitrogens with one attached hydrogen (secondary N) is 1. The van der Waals surface area contributed by atoms with Gasteiger partial charge in [0, 0.05) is 6.04 Å². The highest BCUT2D eigenvalue weighted by molar-refractivity contribution is 5.23. The highest BCUT2D eigenvalue weighted by atomic mass is 15.1. The average molecular weight is 205 g/mol. The van der Waals surface area contributed by atoms with Crippen molar-refractivity contribution in [3.05, 3.63) is 23.0 Å². The fraction of sp³-hybridized carbons (Fsp3) is 0.667. The molecule has 1 saturated carbocycles. The summed E-state index contributed by atoms with van der Waals surface area (Å²) >= 11 is 0. The van der Waals surface area contributed by atoms with E-state index in [9.17, 15) is 0 Å². The van der Waals surface area contributed by atoms with Crippen molar-refractivity contribution in [2.75, 3.05) is 7.05 Å². The standard InChI is InChI=1S/C12H19N3/c1-8-6-11(9(2)15-14-8)12(13-3)7-10-4-5-10/h6,10,12-13H,4-5,7H2,1-3H3. The third kappa shape index (κ3) is 2.53. The first kappa shape index (κ1) is 10.6. The normalized spacial score (nSPS) is 17.8. The molecule has 0 aromatic carbocycles. The van der Waals surface area contributed by atoms with Crippen molar-refractivity contribution in [3.8, 4) is 0 Å². The van der Waals surface area contributed by atoms with E-state index >= 15 is 0 Å². The lowest BCUT2D eigenvalue weighted by atomic mass is 10.00. The SMILES string of the molecule is CNC(CC1CC1)c1cc(C)nnc1C. The smallest absolute Gasteiger partial charge is 0.0648 e. The Morgan fingerprint density at radius 1 is 1.40 bits per heavy atom. The third-order valence-corrected chi connectivity index (χ3v) is 3.13. The van der Waals surface area contributed by atoms with Crippen molar-refractivity contribution in [2.45, 2.75) is 39.2 Å². The van der Waals surface area contributed by atoms with Crippen LogP contribution in [0, 0.1) is 19.8 Å². The molecule has 3 nitrogen and oxygen atoms in total. The molecule has 1 aliphatic rings. The summed E-state index contributed by atoms with van der Waals surface area (Å²) in [5, 5.41) is 11.6. The molecule has 0 radical (unpaired) electrons. The topological polar surface area (TPSA) is 37.8 Å². The minimum Gasteiger partial charge on any atom is -0.313 e. The number of aromatic nitrogens is 2. The average Bonchev–Trinajstić information content (AvgIpc) is 3.02. The van der Waals surface area contributed by atoms with Crippen molar-refractivity contribution in [3.63, 3.8) is 0 Å². The fourth-order valence-electron chi connectivity index (χ4n) is 2.01. The van der Waals surface area contributed by atoms with E-state index in [1.165, 1.54) is 24.8 Å². The molecule has 0 amide bonds. The molecule has 0 aliphatic heterocycles. The molecular weight excluding hydrogens is 186 g/mol. The molecule has 1 aromatic rings. The summed E-state index contributed by atoms with van der Waals surface area (Å²) in [6, 6.07) is 2.61. The maximum absolute atomic E-state index is 4.19. The number of rotatable bonds is 4. The summed E-state index contributed by atoms with van der Waals surface area (Å²) in [6.07, 6.45) is 4.03. The number of aryl methyl sites for hydroxylation is 2. The van der Waals surface area contributed by atoms with Gasteiger partial charge in [-0.15, -0.1) is 0 Å². The zero-order valence-corrected chi connectivity index (χ0v) is 9.75. The quantitative estimate of drug-likeness (QED) is 0.818. The van der Waals surface area contributed by atoms with Gasteiger partial charge >= 0.3 is 0 Å². The molecule has 0 saturated heterocycles. The van der Waals surface area contributed by atoms with Crippen molar-refractivity contribution < 1.29 is 0 Å². The van der Waals surface area contributed by atoms with Gasteiger partial charge in [0.25, 0.3) is 0 Å². The number of hydrogen-bond donors (Lipinski definition) is 1. The van der Waals surface area contributed by atoms with Gasteiger partial charge in [-0.2, -0.15) is 10.2 Å². The summed E-state index contributed by atoms with van der Waals surface area (Å²) in [6.45, 7) is 4.04. The van der Waals surface area contributed by atoms with Crippen LogP contribution in [0.3, 0.4) is 0 Å². The monoisotopic (exact) mass is 205 g/mol. The minimum absolute atomic E-state index is 0.451. The lowest BCUT2D eigenvalue weighted by Gasteiger charge is -2.17. The first-order valence-corrected chi connectivity index (χ1v) is 5.68. The second-order valence-electron chi connectivity index (χ2n) is 4.55. The Balaban J connectivity index is 2.19. The van der Waals surface area contributed by atoms with Gasteiger partial charge in [0.05, 0.1) is 11.4 Å². The van der Waals surface area contributed by atoms with Gasteiger partial charge in [-0.1, -0.05) is 12.8 Å².